The van der Waals surface area contributed by atoms with Crippen molar-refractivity contribution in [1.29, 1.82) is 0 Å². The number of amides is 1. The zero-order valence-corrected chi connectivity index (χ0v) is 15.2. The van der Waals surface area contributed by atoms with Gasteiger partial charge in [-0.25, -0.2) is 9.48 Å². The van der Waals surface area contributed by atoms with Gasteiger partial charge in [0.05, 0.1) is 5.69 Å². The molecule has 0 spiro atoms. The summed E-state index contributed by atoms with van der Waals surface area (Å²) in [7, 11) is 0. The van der Waals surface area contributed by atoms with Crippen molar-refractivity contribution in [3.8, 4) is 5.69 Å². The molecule has 1 aliphatic rings. The summed E-state index contributed by atoms with van der Waals surface area (Å²) in [6.07, 6.45) is 2.16. The quantitative estimate of drug-likeness (QED) is 0.804. The molecule has 0 saturated carbocycles. The number of carbonyl (C=O) groups is 2. The molecule has 1 aromatic carbocycles. The van der Waals surface area contributed by atoms with Crippen LogP contribution in [0.5, 0.6) is 0 Å². The number of rotatable bonds is 6. The highest BCUT2D eigenvalue weighted by Crippen LogP contribution is 2.26. The van der Waals surface area contributed by atoms with Crippen molar-refractivity contribution in [2.45, 2.75) is 18.2 Å². The Morgan fingerprint density at radius 2 is 2.20 bits per heavy atom. The first-order valence-electron chi connectivity index (χ1n) is 7.96. The van der Waals surface area contributed by atoms with Crippen LogP contribution < -0.4 is 5.32 Å². The van der Waals surface area contributed by atoms with E-state index in [-0.39, 0.29) is 11.6 Å². The Morgan fingerprint density at radius 1 is 1.32 bits per heavy atom. The molecule has 1 saturated heterocycles. The summed E-state index contributed by atoms with van der Waals surface area (Å²) < 4.78 is 1.52. The molecule has 0 bridgehead atoms. The van der Waals surface area contributed by atoms with Gasteiger partial charge in [0, 0.05) is 41.7 Å². The van der Waals surface area contributed by atoms with Gasteiger partial charge < -0.3 is 10.4 Å². The highest BCUT2D eigenvalue weighted by atomic mass is 32.2. The number of hydrogen-bond donors (Lipinski definition) is 2. The van der Waals surface area contributed by atoms with Crippen molar-refractivity contribution in [1.82, 2.24) is 15.1 Å². The maximum Gasteiger partial charge on any atom is 0.356 e. The fourth-order valence-corrected chi connectivity index (χ4v) is 5.20. The summed E-state index contributed by atoms with van der Waals surface area (Å²) in [5, 5.41) is 16.3. The Bertz CT molecular complexity index is 757. The molecule has 1 atom stereocenters. The van der Waals surface area contributed by atoms with E-state index in [4.69, 9.17) is 5.11 Å². The largest absolute Gasteiger partial charge is 0.476 e. The van der Waals surface area contributed by atoms with Crippen LogP contribution in [0, 0.1) is 0 Å². The number of aromatic nitrogens is 2. The summed E-state index contributed by atoms with van der Waals surface area (Å²) in [6, 6.07) is 8.99. The average molecular weight is 377 g/mol. The van der Waals surface area contributed by atoms with Crippen LogP contribution in [0.15, 0.2) is 36.5 Å². The molecule has 1 aliphatic heterocycles. The molecular formula is C17H19N3O3S2. The number of carboxylic acid groups (broad SMARTS) is 1. The number of nitrogens with one attached hydrogen (secondary N) is 1. The van der Waals surface area contributed by atoms with Gasteiger partial charge in [-0.15, -0.1) is 0 Å². The van der Waals surface area contributed by atoms with E-state index >= 15 is 0 Å². The lowest BCUT2D eigenvalue weighted by molar-refractivity contribution is -0.121. The molecule has 2 aromatic rings. The second kappa shape index (κ2) is 8.44. The Labute approximate surface area is 154 Å². The second-order valence-electron chi connectivity index (χ2n) is 5.67. The molecule has 1 aromatic heterocycles. The van der Waals surface area contributed by atoms with Crippen LogP contribution >= 0.6 is 23.5 Å². The third kappa shape index (κ3) is 5.02. The van der Waals surface area contributed by atoms with Gasteiger partial charge in [-0.1, -0.05) is 12.1 Å². The zero-order valence-electron chi connectivity index (χ0n) is 13.6. The summed E-state index contributed by atoms with van der Waals surface area (Å²) in [5.74, 6) is 2.34. The predicted octanol–water partition coefficient (Wildman–Crippen LogP) is 2.43. The molecule has 2 heterocycles. The molecule has 2 N–H and O–H groups in total. The zero-order chi connectivity index (χ0) is 17.6. The van der Waals surface area contributed by atoms with E-state index in [0.29, 0.717) is 18.2 Å². The van der Waals surface area contributed by atoms with E-state index in [1.165, 1.54) is 16.5 Å². The van der Waals surface area contributed by atoms with Crippen LogP contribution in [0.1, 0.15) is 22.5 Å². The van der Waals surface area contributed by atoms with Crippen LogP contribution in [0.4, 0.5) is 0 Å². The minimum absolute atomic E-state index is 0.00144. The number of carbonyl (C=O) groups excluding carboxylic acids is 1. The average Bonchev–Trinajstić information content (AvgIpc) is 3.12. The van der Waals surface area contributed by atoms with Crippen LogP contribution in [-0.2, 0) is 11.3 Å². The lowest BCUT2D eigenvalue weighted by atomic mass is 10.2. The predicted molar refractivity (Wildman–Crippen MR) is 101 cm³/mol. The van der Waals surface area contributed by atoms with Crippen molar-refractivity contribution >= 4 is 35.4 Å². The summed E-state index contributed by atoms with van der Waals surface area (Å²) in [5.41, 5.74) is 1.71. The summed E-state index contributed by atoms with van der Waals surface area (Å²) >= 11 is 3.79. The molecule has 0 aliphatic carbocycles. The topological polar surface area (TPSA) is 84.2 Å². The Morgan fingerprint density at radius 3 is 2.92 bits per heavy atom. The first-order chi connectivity index (χ1) is 12.1. The number of nitrogens with zero attached hydrogens (tertiary/aromatic N) is 2. The summed E-state index contributed by atoms with van der Waals surface area (Å²) in [6.45, 7) is 0.449. The first kappa shape index (κ1) is 17.9. The van der Waals surface area contributed by atoms with Crippen molar-refractivity contribution < 1.29 is 14.7 Å². The molecule has 1 unspecified atom stereocenters. The number of aromatic carboxylic acids is 1. The molecule has 8 heteroatoms. The van der Waals surface area contributed by atoms with Crippen LogP contribution in [0.25, 0.3) is 5.69 Å². The standard InChI is InChI=1S/C17H19N3O3S2/c21-16(9-14-11-24-6-7-25-14)18-10-12-2-1-3-13(8-12)20-5-4-15(19-20)17(22)23/h1-5,8,14H,6-7,9-11H2,(H,18,21)(H,22,23). The van der Waals surface area contributed by atoms with Crippen LogP contribution in [0.2, 0.25) is 0 Å². The first-order valence-corrected chi connectivity index (χ1v) is 10.2. The number of hydrogen-bond acceptors (Lipinski definition) is 5. The van der Waals surface area contributed by atoms with Crippen molar-refractivity contribution in [2.24, 2.45) is 0 Å². The lowest BCUT2D eigenvalue weighted by Gasteiger charge is -2.20. The van der Waals surface area contributed by atoms with Crippen LogP contribution in [0.3, 0.4) is 0 Å². The van der Waals surface area contributed by atoms with E-state index in [9.17, 15) is 9.59 Å². The van der Waals surface area contributed by atoms with Gasteiger partial charge in [-0.3, -0.25) is 4.79 Å². The van der Waals surface area contributed by atoms with Crippen molar-refractivity contribution in [3.63, 3.8) is 0 Å². The van der Waals surface area contributed by atoms with Crippen molar-refractivity contribution in [3.05, 3.63) is 47.8 Å². The Hall–Kier alpha value is -1.93. The molecule has 6 nitrogen and oxygen atoms in total. The number of benzene rings is 1. The monoisotopic (exact) mass is 377 g/mol. The van der Waals surface area contributed by atoms with E-state index in [1.54, 1.807) is 6.20 Å². The van der Waals surface area contributed by atoms with Gasteiger partial charge in [0.25, 0.3) is 0 Å². The van der Waals surface area contributed by atoms with E-state index in [1.807, 2.05) is 47.8 Å². The Balaban J connectivity index is 1.57. The van der Waals surface area contributed by atoms with Gasteiger partial charge in [0.15, 0.2) is 5.69 Å². The number of thioether (sulfide) groups is 2. The fourth-order valence-electron chi connectivity index (χ4n) is 2.52. The smallest absolute Gasteiger partial charge is 0.356 e. The molecule has 1 fully saturated rings. The Kier molecular flexibility index (Phi) is 6.04. The fraction of sp³-hybridized carbons (Fsp3) is 0.353. The van der Waals surface area contributed by atoms with Crippen LogP contribution in [-0.4, -0.2) is 49.3 Å². The lowest BCUT2D eigenvalue weighted by Crippen LogP contribution is -2.28. The van der Waals surface area contributed by atoms with Gasteiger partial charge in [-0.2, -0.15) is 28.6 Å². The maximum absolute atomic E-state index is 12.1. The highest BCUT2D eigenvalue weighted by Gasteiger charge is 2.17. The normalized spacial score (nSPS) is 17.2. The molecule has 132 valence electrons. The maximum atomic E-state index is 12.1. The van der Waals surface area contributed by atoms with Gasteiger partial charge in [-0.05, 0) is 23.8 Å². The third-order valence-electron chi connectivity index (χ3n) is 3.77. The minimum atomic E-state index is -1.05. The SMILES string of the molecule is O=C(CC1CSCCS1)NCc1cccc(-n2ccc(C(=O)O)n2)c1. The number of carboxylic acids is 1. The minimum Gasteiger partial charge on any atom is -0.476 e. The summed E-state index contributed by atoms with van der Waals surface area (Å²) in [4.78, 5) is 23.0. The molecule has 25 heavy (non-hydrogen) atoms. The second-order valence-corrected chi connectivity index (χ2v) is 8.23. The third-order valence-corrected chi connectivity index (χ3v) is 6.62. The molecular weight excluding hydrogens is 358 g/mol. The van der Waals surface area contributed by atoms with E-state index in [0.717, 1.165) is 22.8 Å². The van der Waals surface area contributed by atoms with Gasteiger partial charge >= 0.3 is 5.97 Å². The van der Waals surface area contributed by atoms with E-state index < -0.39 is 5.97 Å². The van der Waals surface area contributed by atoms with Crippen molar-refractivity contribution in [2.75, 3.05) is 17.3 Å². The molecule has 1 amide bonds. The van der Waals surface area contributed by atoms with Gasteiger partial charge in [0.1, 0.15) is 0 Å². The molecule has 0 radical (unpaired) electrons. The highest BCUT2D eigenvalue weighted by molar-refractivity contribution is 8.06. The van der Waals surface area contributed by atoms with Gasteiger partial charge in [0.2, 0.25) is 5.91 Å². The molecule has 3 rings (SSSR count). The van der Waals surface area contributed by atoms with E-state index in [2.05, 4.69) is 10.4 Å².